The van der Waals surface area contributed by atoms with Crippen molar-refractivity contribution in [1.29, 1.82) is 0 Å². The van der Waals surface area contributed by atoms with Crippen molar-refractivity contribution in [3.8, 4) is 11.1 Å². The molecule has 0 spiro atoms. The van der Waals surface area contributed by atoms with Gasteiger partial charge in [0.1, 0.15) is 11.2 Å². The van der Waals surface area contributed by atoms with Gasteiger partial charge >= 0.3 is 0 Å². The highest BCUT2D eigenvalue weighted by atomic mass is 16.3. The summed E-state index contributed by atoms with van der Waals surface area (Å²) in [6.07, 6.45) is 0. The molecule has 0 saturated heterocycles. The minimum absolute atomic E-state index is 0.0200. The van der Waals surface area contributed by atoms with Crippen molar-refractivity contribution in [2.45, 2.75) is 26.2 Å². The van der Waals surface area contributed by atoms with Crippen LogP contribution in [0.4, 0.5) is 17.1 Å². The molecule has 0 atom stereocenters. The van der Waals surface area contributed by atoms with Gasteiger partial charge in [0.15, 0.2) is 0 Å². The Bertz CT molecular complexity index is 1880. The van der Waals surface area contributed by atoms with Crippen molar-refractivity contribution in [2.24, 2.45) is 0 Å². The Morgan fingerprint density at radius 2 is 1.26 bits per heavy atom. The van der Waals surface area contributed by atoms with Crippen molar-refractivity contribution in [3.63, 3.8) is 0 Å². The van der Waals surface area contributed by atoms with Gasteiger partial charge in [0, 0.05) is 11.1 Å². The predicted octanol–water partition coefficient (Wildman–Crippen LogP) is 9.03. The molecule has 184 valence electrons. The Balaban J connectivity index is 1.35. The Morgan fingerprint density at radius 1 is 0.658 bits per heavy atom. The van der Waals surface area contributed by atoms with Crippen molar-refractivity contribution in [3.05, 3.63) is 136 Å². The van der Waals surface area contributed by atoms with Gasteiger partial charge in [-0.1, -0.05) is 80.6 Å². The maximum absolute atomic E-state index is 13.2. The van der Waals surface area contributed by atoms with E-state index in [4.69, 9.17) is 4.42 Å². The first-order valence-electron chi connectivity index (χ1n) is 13.0. The zero-order chi connectivity index (χ0) is 26.0. The van der Waals surface area contributed by atoms with Gasteiger partial charge in [-0.25, -0.2) is 0 Å². The van der Waals surface area contributed by atoms with E-state index in [-0.39, 0.29) is 10.8 Å². The SMILES string of the molecule is Cc1cc(-c2ccc(N3c4ccccc4C(C)(C)c4ccccc43)cc2)cc2oc3ccccc3c(=O)c12. The lowest BCUT2D eigenvalue weighted by Gasteiger charge is -2.42. The summed E-state index contributed by atoms with van der Waals surface area (Å²) < 4.78 is 6.18. The lowest BCUT2D eigenvalue weighted by molar-refractivity contribution is 0.632. The van der Waals surface area contributed by atoms with Gasteiger partial charge in [0.05, 0.1) is 22.1 Å². The first kappa shape index (κ1) is 22.6. The van der Waals surface area contributed by atoms with E-state index < -0.39 is 0 Å². The molecular weight excluding hydrogens is 466 g/mol. The van der Waals surface area contributed by atoms with Crippen LogP contribution in [0.2, 0.25) is 0 Å². The van der Waals surface area contributed by atoms with Crippen LogP contribution in [0.3, 0.4) is 0 Å². The third-order valence-electron chi connectivity index (χ3n) is 7.97. The van der Waals surface area contributed by atoms with Crippen LogP contribution in [-0.2, 0) is 5.41 Å². The van der Waals surface area contributed by atoms with Gasteiger partial charge in [-0.3, -0.25) is 4.79 Å². The monoisotopic (exact) mass is 493 g/mol. The van der Waals surface area contributed by atoms with E-state index in [2.05, 4.69) is 97.6 Å². The number of para-hydroxylation sites is 3. The molecule has 0 N–H and O–H groups in total. The van der Waals surface area contributed by atoms with E-state index >= 15 is 0 Å². The van der Waals surface area contributed by atoms with Crippen LogP contribution in [0.25, 0.3) is 33.1 Å². The number of hydrogen-bond donors (Lipinski definition) is 0. The average Bonchev–Trinajstić information content (AvgIpc) is 2.93. The summed E-state index contributed by atoms with van der Waals surface area (Å²) in [5.41, 5.74) is 10.3. The fraction of sp³-hybridized carbons (Fsp3) is 0.114. The number of anilines is 3. The molecule has 3 heteroatoms. The highest BCUT2D eigenvalue weighted by Gasteiger charge is 2.36. The van der Waals surface area contributed by atoms with Crippen LogP contribution in [-0.4, -0.2) is 0 Å². The lowest BCUT2D eigenvalue weighted by Crippen LogP contribution is -2.30. The molecule has 0 aliphatic carbocycles. The van der Waals surface area contributed by atoms with Crippen LogP contribution >= 0.6 is 0 Å². The number of rotatable bonds is 2. The fourth-order valence-corrected chi connectivity index (χ4v) is 6.04. The lowest BCUT2D eigenvalue weighted by atomic mass is 9.73. The van der Waals surface area contributed by atoms with E-state index in [9.17, 15) is 4.79 Å². The van der Waals surface area contributed by atoms with Gasteiger partial charge in [-0.2, -0.15) is 0 Å². The highest BCUT2D eigenvalue weighted by Crippen LogP contribution is 2.51. The normalized spacial score (nSPS) is 13.9. The molecule has 0 bridgehead atoms. The first-order valence-corrected chi connectivity index (χ1v) is 13.0. The van der Waals surface area contributed by atoms with E-state index in [1.807, 2.05) is 37.3 Å². The number of hydrogen-bond acceptors (Lipinski definition) is 3. The van der Waals surface area contributed by atoms with Gasteiger partial charge < -0.3 is 9.32 Å². The Hall–Kier alpha value is -4.63. The molecule has 38 heavy (non-hydrogen) atoms. The van der Waals surface area contributed by atoms with Gasteiger partial charge in [-0.05, 0) is 77.2 Å². The first-order chi connectivity index (χ1) is 18.4. The smallest absolute Gasteiger partial charge is 0.200 e. The predicted molar refractivity (Wildman–Crippen MR) is 157 cm³/mol. The molecule has 0 amide bonds. The molecule has 5 aromatic carbocycles. The molecule has 0 radical (unpaired) electrons. The van der Waals surface area contributed by atoms with Gasteiger partial charge in [-0.15, -0.1) is 0 Å². The van der Waals surface area contributed by atoms with Crippen molar-refractivity contribution in [2.75, 3.05) is 4.90 Å². The summed E-state index contributed by atoms with van der Waals surface area (Å²) in [6.45, 7) is 6.58. The maximum atomic E-state index is 13.2. The van der Waals surface area contributed by atoms with Gasteiger partial charge in [0.25, 0.3) is 0 Å². The molecule has 0 unspecified atom stereocenters. The number of benzene rings is 5. The van der Waals surface area contributed by atoms with Crippen LogP contribution in [0.5, 0.6) is 0 Å². The quantitative estimate of drug-likeness (QED) is 0.226. The second-order valence-corrected chi connectivity index (χ2v) is 10.6. The summed E-state index contributed by atoms with van der Waals surface area (Å²) >= 11 is 0. The Morgan fingerprint density at radius 3 is 1.95 bits per heavy atom. The highest BCUT2D eigenvalue weighted by molar-refractivity contribution is 5.94. The topological polar surface area (TPSA) is 33.5 Å². The second-order valence-electron chi connectivity index (χ2n) is 10.6. The van der Waals surface area contributed by atoms with E-state index in [0.717, 1.165) is 22.4 Å². The van der Waals surface area contributed by atoms with Crippen molar-refractivity contribution in [1.82, 2.24) is 0 Å². The molecule has 3 nitrogen and oxygen atoms in total. The summed E-state index contributed by atoms with van der Waals surface area (Å²) in [4.78, 5) is 15.5. The summed E-state index contributed by atoms with van der Waals surface area (Å²) in [5, 5.41) is 1.26. The largest absolute Gasteiger partial charge is 0.456 e. The molecule has 1 aliphatic heterocycles. The van der Waals surface area contributed by atoms with Crippen LogP contribution in [0.15, 0.2) is 118 Å². The van der Waals surface area contributed by atoms with E-state index in [0.29, 0.717) is 21.9 Å². The minimum Gasteiger partial charge on any atom is -0.456 e. The molecule has 0 fully saturated rings. The van der Waals surface area contributed by atoms with Crippen LogP contribution in [0, 0.1) is 6.92 Å². The fourth-order valence-electron chi connectivity index (χ4n) is 6.04. The third-order valence-corrected chi connectivity index (χ3v) is 7.97. The summed E-state index contributed by atoms with van der Waals surface area (Å²) in [7, 11) is 0. The molecule has 1 aliphatic rings. The van der Waals surface area contributed by atoms with Crippen LogP contribution in [0.1, 0.15) is 30.5 Å². The van der Waals surface area contributed by atoms with E-state index in [1.165, 1.54) is 22.5 Å². The standard InChI is InChI=1S/C35H27NO2/c1-22-20-24(21-32-33(22)34(37)26-10-4-9-15-31(26)38-32)23-16-18-25(19-17-23)36-29-13-7-5-11-27(29)35(2,3)28-12-6-8-14-30(28)36/h4-21H,1-3H3. The number of aryl methyl sites for hydroxylation is 1. The molecule has 0 saturated carbocycles. The van der Waals surface area contributed by atoms with E-state index in [1.54, 1.807) is 0 Å². The van der Waals surface area contributed by atoms with Crippen molar-refractivity contribution >= 4 is 39.0 Å². The number of nitrogens with zero attached hydrogens (tertiary/aromatic N) is 1. The van der Waals surface area contributed by atoms with Gasteiger partial charge in [0.2, 0.25) is 5.43 Å². The summed E-state index contributed by atoms with van der Waals surface area (Å²) in [6, 6.07) is 37.5. The molecule has 6 aromatic rings. The molecule has 7 rings (SSSR count). The summed E-state index contributed by atoms with van der Waals surface area (Å²) in [5.74, 6) is 0. The second kappa shape index (κ2) is 8.19. The number of fused-ring (bicyclic) bond motifs is 4. The zero-order valence-electron chi connectivity index (χ0n) is 21.7. The maximum Gasteiger partial charge on any atom is 0.200 e. The van der Waals surface area contributed by atoms with Crippen LogP contribution < -0.4 is 10.3 Å². The zero-order valence-corrected chi connectivity index (χ0v) is 21.7. The molecular formula is C35H27NO2. The Kier molecular flexibility index (Phi) is 4.86. The van der Waals surface area contributed by atoms with Crippen molar-refractivity contribution < 1.29 is 4.42 Å². The minimum atomic E-state index is -0.0830. The molecule has 2 heterocycles. The third kappa shape index (κ3) is 3.25. The average molecular weight is 494 g/mol. The Labute approximate surface area is 221 Å². The molecule has 1 aromatic heterocycles.